The first-order chi connectivity index (χ1) is 9.51. The van der Waals surface area contributed by atoms with Crippen molar-refractivity contribution < 1.29 is 13.9 Å². The summed E-state index contributed by atoms with van der Waals surface area (Å²) in [5.41, 5.74) is 0.464. The highest BCUT2D eigenvalue weighted by Crippen LogP contribution is 2.27. The van der Waals surface area contributed by atoms with Gasteiger partial charge in [-0.3, -0.25) is 4.79 Å². The second kappa shape index (κ2) is 6.11. The largest absolute Gasteiger partial charge is 0.496 e. The molecular formula is C14H10Cl2FNO2. The first-order valence-electron chi connectivity index (χ1n) is 5.61. The average molecular weight is 314 g/mol. The smallest absolute Gasteiger partial charge is 0.259 e. The Kier molecular flexibility index (Phi) is 4.47. The molecule has 0 bridgehead atoms. The second-order valence-corrected chi connectivity index (χ2v) is 4.77. The molecule has 0 radical (unpaired) electrons. The predicted molar refractivity (Wildman–Crippen MR) is 77.4 cm³/mol. The van der Waals surface area contributed by atoms with Crippen LogP contribution in [0.25, 0.3) is 0 Å². The summed E-state index contributed by atoms with van der Waals surface area (Å²) < 4.78 is 18.3. The van der Waals surface area contributed by atoms with Gasteiger partial charge in [-0.1, -0.05) is 23.2 Å². The summed E-state index contributed by atoms with van der Waals surface area (Å²) in [7, 11) is 1.40. The Morgan fingerprint density at radius 1 is 1.20 bits per heavy atom. The summed E-state index contributed by atoms with van der Waals surface area (Å²) in [6.07, 6.45) is 0. The third kappa shape index (κ3) is 3.21. The molecule has 0 fully saturated rings. The Morgan fingerprint density at radius 2 is 1.95 bits per heavy atom. The van der Waals surface area contributed by atoms with Gasteiger partial charge in [0.2, 0.25) is 0 Å². The van der Waals surface area contributed by atoms with Crippen LogP contribution in [0.5, 0.6) is 5.75 Å². The summed E-state index contributed by atoms with van der Waals surface area (Å²) in [6.45, 7) is 0. The number of halogens is 3. The van der Waals surface area contributed by atoms with E-state index in [9.17, 15) is 9.18 Å². The minimum atomic E-state index is -0.529. The number of ether oxygens (including phenoxy) is 1. The standard InChI is InChI=1S/C14H10Cl2FNO2/c1-20-13-5-3-9(17)7-10(13)14(19)18-12-4-2-8(15)6-11(12)16/h2-7H,1H3,(H,18,19). The molecule has 3 nitrogen and oxygen atoms in total. The molecule has 104 valence electrons. The van der Waals surface area contributed by atoms with Crippen molar-refractivity contribution in [2.24, 2.45) is 0 Å². The van der Waals surface area contributed by atoms with Gasteiger partial charge in [-0.25, -0.2) is 4.39 Å². The first kappa shape index (κ1) is 14.6. The Balaban J connectivity index is 2.30. The lowest BCUT2D eigenvalue weighted by molar-refractivity contribution is 0.102. The maximum Gasteiger partial charge on any atom is 0.259 e. The van der Waals surface area contributed by atoms with E-state index in [1.165, 1.54) is 25.3 Å². The van der Waals surface area contributed by atoms with Crippen LogP contribution in [0.1, 0.15) is 10.4 Å². The van der Waals surface area contributed by atoms with Gasteiger partial charge in [-0.2, -0.15) is 0 Å². The number of rotatable bonds is 3. The van der Waals surface area contributed by atoms with Crippen LogP contribution in [-0.2, 0) is 0 Å². The topological polar surface area (TPSA) is 38.3 Å². The molecule has 0 aliphatic heterocycles. The van der Waals surface area contributed by atoms with E-state index < -0.39 is 11.7 Å². The van der Waals surface area contributed by atoms with Gasteiger partial charge >= 0.3 is 0 Å². The number of hydrogen-bond acceptors (Lipinski definition) is 2. The monoisotopic (exact) mass is 313 g/mol. The molecule has 2 aromatic rings. The summed E-state index contributed by atoms with van der Waals surface area (Å²) >= 11 is 11.7. The highest BCUT2D eigenvalue weighted by Gasteiger charge is 2.15. The maximum atomic E-state index is 13.2. The van der Waals surface area contributed by atoms with E-state index in [1.807, 2.05) is 0 Å². The summed E-state index contributed by atoms with van der Waals surface area (Å²) in [5.74, 6) is -0.780. The lowest BCUT2D eigenvalue weighted by Crippen LogP contribution is -2.13. The fourth-order valence-corrected chi connectivity index (χ4v) is 2.09. The van der Waals surface area contributed by atoms with E-state index in [0.717, 1.165) is 6.07 Å². The number of benzene rings is 2. The zero-order chi connectivity index (χ0) is 14.7. The molecule has 0 spiro atoms. The number of nitrogens with one attached hydrogen (secondary N) is 1. The average Bonchev–Trinajstić information content (AvgIpc) is 2.41. The predicted octanol–water partition coefficient (Wildman–Crippen LogP) is 4.39. The normalized spacial score (nSPS) is 10.2. The molecular weight excluding hydrogens is 304 g/mol. The Morgan fingerprint density at radius 3 is 2.60 bits per heavy atom. The first-order valence-corrected chi connectivity index (χ1v) is 6.37. The molecule has 0 saturated heterocycles. The van der Waals surface area contributed by atoms with E-state index in [-0.39, 0.29) is 11.3 Å². The summed E-state index contributed by atoms with van der Waals surface area (Å²) in [4.78, 5) is 12.1. The van der Waals surface area contributed by atoms with Crippen molar-refractivity contribution in [3.63, 3.8) is 0 Å². The molecule has 20 heavy (non-hydrogen) atoms. The third-order valence-electron chi connectivity index (χ3n) is 2.59. The molecule has 2 rings (SSSR count). The van der Waals surface area contributed by atoms with Crippen molar-refractivity contribution in [1.29, 1.82) is 0 Å². The molecule has 0 unspecified atom stereocenters. The molecule has 0 aromatic heterocycles. The van der Waals surface area contributed by atoms with Crippen LogP contribution >= 0.6 is 23.2 Å². The number of methoxy groups -OCH3 is 1. The highest BCUT2D eigenvalue weighted by molar-refractivity contribution is 6.36. The van der Waals surface area contributed by atoms with Gasteiger partial charge in [-0.05, 0) is 36.4 Å². The number of hydrogen-bond donors (Lipinski definition) is 1. The lowest BCUT2D eigenvalue weighted by Gasteiger charge is -2.10. The number of carbonyl (C=O) groups is 1. The minimum absolute atomic E-state index is 0.0820. The number of anilines is 1. The molecule has 0 heterocycles. The van der Waals surface area contributed by atoms with Crippen LogP contribution in [-0.4, -0.2) is 13.0 Å². The van der Waals surface area contributed by atoms with Gasteiger partial charge < -0.3 is 10.1 Å². The van der Waals surface area contributed by atoms with Crippen LogP contribution in [0, 0.1) is 5.82 Å². The number of carbonyl (C=O) groups excluding carboxylic acids is 1. The molecule has 0 aliphatic carbocycles. The Hall–Kier alpha value is -1.78. The SMILES string of the molecule is COc1ccc(F)cc1C(=O)Nc1ccc(Cl)cc1Cl. The van der Waals surface area contributed by atoms with Crippen molar-refractivity contribution in [2.75, 3.05) is 12.4 Å². The van der Waals surface area contributed by atoms with Crippen LogP contribution in [0.2, 0.25) is 10.0 Å². The Bertz CT molecular complexity index is 662. The van der Waals surface area contributed by atoms with Crippen molar-refractivity contribution in [3.8, 4) is 5.75 Å². The minimum Gasteiger partial charge on any atom is -0.496 e. The van der Waals surface area contributed by atoms with Gasteiger partial charge in [0.1, 0.15) is 11.6 Å². The second-order valence-electron chi connectivity index (χ2n) is 3.92. The summed E-state index contributed by atoms with van der Waals surface area (Å²) in [6, 6.07) is 8.35. The van der Waals surface area contributed by atoms with Crippen LogP contribution in [0.3, 0.4) is 0 Å². The van der Waals surface area contributed by atoms with Crippen molar-refractivity contribution >= 4 is 34.8 Å². The number of amides is 1. The molecule has 0 saturated carbocycles. The quantitative estimate of drug-likeness (QED) is 0.912. The van der Waals surface area contributed by atoms with Gasteiger partial charge in [0.25, 0.3) is 5.91 Å². The van der Waals surface area contributed by atoms with E-state index in [0.29, 0.717) is 15.7 Å². The van der Waals surface area contributed by atoms with E-state index in [1.54, 1.807) is 12.1 Å². The fraction of sp³-hybridized carbons (Fsp3) is 0.0714. The molecule has 0 aliphatic rings. The molecule has 2 aromatic carbocycles. The zero-order valence-corrected chi connectivity index (χ0v) is 11.9. The van der Waals surface area contributed by atoms with E-state index >= 15 is 0 Å². The van der Waals surface area contributed by atoms with Gasteiger partial charge in [0.15, 0.2) is 0 Å². The summed E-state index contributed by atoms with van der Waals surface area (Å²) in [5, 5.41) is 3.33. The van der Waals surface area contributed by atoms with Crippen LogP contribution in [0.15, 0.2) is 36.4 Å². The fourth-order valence-electron chi connectivity index (χ4n) is 1.64. The highest BCUT2D eigenvalue weighted by atomic mass is 35.5. The third-order valence-corrected chi connectivity index (χ3v) is 3.13. The van der Waals surface area contributed by atoms with Crippen LogP contribution < -0.4 is 10.1 Å². The molecule has 0 atom stereocenters. The Labute approximate surface area is 125 Å². The van der Waals surface area contributed by atoms with Gasteiger partial charge in [-0.15, -0.1) is 0 Å². The molecule has 1 N–H and O–H groups in total. The molecule has 1 amide bonds. The van der Waals surface area contributed by atoms with Crippen molar-refractivity contribution in [2.45, 2.75) is 0 Å². The van der Waals surface area contributed by atoms with Gasteiger partial charge in [0.05, 0.1) is 23.4 Å². The van der Waals surface area contributed by atoms with Crippen molar-refractivity contribution in [1.82, 2.24) is 0 Å². The van der Waals surface area contributed by atoms with Crippen LogP contribution in [0.4, 0.5) is 10.1 Å². The molecule has 6 heteroatoms. The lowest BCUT2D eigenvalue weighted by atomic mass is 10.1. The van der Waals surface area contributed by atoms with Crippen molar-refractivity contribution in [3.05, 3.63) is 57.8 Å². The maximum absolute atomic E-state index is 13.2. The van der Waals surface area contributed by atoms with E-state index in [2.05, 4.69) is 5.32 Å². The van der Waals surface area contributed by atoms with Gasteiger partial charge in [0, 0.05) is 5.02 Å². The zero-order valence-electron chi connectivity index (χ0n) is 10.4. The van der Waals surface area contributed by atoms with E-state index in [4.69, 9.17) is 27.9 Å².